The van der Waals surface area contributed by atoms with Gasteiger partial charge in [-0.15, -0.1) is 0 Å². The van der Waals surface area contributed by atoms with Crippen molar-refractivity contribution in [3.05, 3.63) is 35.0 Å². The molecule has 0 saturated carbocycles. The van der Waals surface area contributed by atoms with Crippen LogP contribution in [0.3, 0.4) is 0 Å². The maximum atomic E-state index is 12.5. The summed E-state index contributed by atoms with van der Waals surface area (Å²) in [4.78, 5) is 41.5. The number of fused-ring (bicyclic) bond motifs is 3. The van der Waals surface area contributed by atoms with Gasteiger partial charge in [0.25, 0.3) is 0 Å². The van der Waals surface area contributed by atoms with Crippen molar-refractivity contribution in [3.63, 3.8) is 0 Å². The maximum absolute atomic E-state index is 12.5. The van der Waals surface area contributed by atoms with Crippen LogP contribution in [-0.2, 0) is 27.3 Å². The SMILES string of the molecule is COC(=O)c1ccc2[nH]c3c(c2c1)CN(C(=O)CNC(=O)C(C)(C)C)CC3. The Morgan fingerprint density at radius 1 is 1.26 bits per heavy atom. The number of methoxy groups -OCH3 is 1. The van der Waals surface area contributed by atoms with Gasteiger partial charge in [-0.25, -0.2) is 4.79 Å². The van der Waals surface area contributed by atoms with Crippen molar-refractivity contribution >= 4 is 28.7 Å². The summed E-state index contributed by atoms with van der Waals surface area (Å²) in [5.74, 6) is -0.652. The highest BCUT2D eigenvalue weighted by Crippen LogP contribution is 2.28. The van der Waals surface area contributed by atoms with Crippen LogP contribution in [0.5, 0.6) is 0 Å². The zero-order valence-corrected chi connectivity index (χ0v) is 16.1. The number of nitrogens with zero attached hydrogens (tertiary/aromatic N) is 1. The number of hydrogen-bond donors (Lipinski definition) is 2. The van der Waals surface area contributed by atoms with E-state index in [1.54, 1.807) is 17.0 Å². The van der Waals surface area contributed by atoms with Crippen LogP contribution in [0.2, 0.25) is 0 Å². The van der Waals surface area contributed by atoms with Gasteiger partial charge >= 0.3 is 5.97 Å². The smallest absolute Gasteiger partial charge is 0.337 e. The van der Waals surface area contributed by atoms with Crippen molar-refractivity contribution in [3.8, 4) is 0 Å². The predicted molar refractivity (Wildman–Crippen MR) is 101 cm³/mol. The van der Waals surface area contributed by atoms with E-state index in [9.17, 15) is 14.4 Å². The van der Waals surface area contributed by atoms with E-state index in [1.807, 2.05) is 26.8 Å². The minimum atomic E-state index is -0.531. The minimum absolute atomic E-state index is 0.0127. The van der Waals surface area contributed by atoms with Crippen molar-refractivity contribution in [2.45, 2.75) is 33.7 Å². The molecule has 0 radical (unpaired) electrons. The molecule has 0 fully saturated rings. The first-order valence-electron chi connectivity index (χ1n) is 8.98. The van der Waals surface area contributed by atoms with Gasteiger partial charge in [0.15, 0.2) is 0 Å². The van der Waals surface area contributed by atoms with Gasteiger partial charge in [0, 0.05) is 47.1 Å². The van der Waals surface area contributed by atoms with Gasteiger partial charge in [0.05, 0.1) is 19.2 Å². The van der Waals surface area contributed by atoms with E-state index in [0.29, 0.717) is 25.1 Å². The monoisotopic (exact) mass is 371 g/mol. The lowest BCUT2D eigenvalue weighted by molar-refractivity contribution is -0.135. The number of benzene rings is 1. The highest BCUT2D eigenvalue weighted by atomic mass is 16.5. The first-order valence-corrected chi connectivity index (χ1v) is 8.98. The second-order valence-electron chi connectivity index (χ2n) is 7.83. The summed E-state index contributed by atoms with van der Waals surface area (Å²) >= 11 is 0. The summed E-state index contributed by atoms with van der Waals surface area (Å²) in [7, 11) is 1.35. The lowest BCUT2D eigenvalue weighted by Gasteiger charge is -2.28. The molecular formula is C20H25N3O4. The fourth-order valence-electron chi connectivity index (χ4n) is 3.20. The lowest BCUT2D eigenvalue weighted by atomic mass is 9.96. The Labute approximate surface area is 158 Å². The van der Waals surface area contributed by atoms with E-state index in [0.717, 1.165) is 22.2 Å². The highest BCUT2D eigenvalue weighted by molar-refractivity contribution is 5.96. The third kappa shape index (κ3) is 3.82. The Bertz CT molecular complexity index is 908. The molecule has 2 N–H and O–H groups in total. The molecule has 0 unspecified atom stereocenters. The number of nitrogens with one attached hydrogen (secondary N) is 2. The number of hydrogen-bond acceptors (Lipinski definition) is 4. The summed E-state index contributed by atoms with van der Waals surface area (Å²) in [6.45, 7) is 6.46. The molecule has 2 amide bonds. The standard InChI is InChI=1S/C20H25N3O4/c1-20(2,3)19(26)21-10-17(24)23-8-7-16-14(11-23)13-9-12(18(25)27-4)5-6-15(13)22-16/h5-6,9,22H,7-8,10-11H2,1-4H3,(H,21,26). The molecule has 0 saturated heterocycles. The van der Waals surface area contributed by atoms with Gasteiger partial charge in [-0.05, 0) is 18.2 Å². The minimum Gasteiger partial charge on any atom is -0.465 e. The van der Waals surface area contributed by atoms with Crippen LogP contribution in [0.1, 0.15) is 42.4 Å². The number of amides is 2. The van der Waals surface area contributed by atoms with Gasteiger partial charge in [0.2, 0.25) is 11.8 Å². The molecule has 0 bridgehead atoms. The molecule has 2 aromatic rings. The van der Waals surface area contributed by atoms with Crippen LogP contribution in [0, 0.1) is 5.41 Å². The lowest BCUT2D eigenvalue weighted by Crippen LogP contribution is -2.45. The molecule has 1 aromatic carbocycles. The fraction of sp³-hybridized carbons (Fsp3) is 0.450. The Morgan fingerprint density at radius 3 is 2.67 bits per heavy atom. The molecule has 1 aromatic heterocycles. The van der Waals surface area contributed by atoms with Gasteiger partial charge < -0.3 is 19.9 Å². The Morgan fingerprint density at radius 2 is 2.00 bits per heavy atom. The molecule has 0 atom stereocenters. The van der Waals surface area contributed by atoms with E-state index in [1.165, 1.54) is 7.11 Å². The summed E-state index contributed by atoms with van der Waals surface area (Å²) in [5.41, 5.74) is 2.97. The van der Waals surface area contributed by atoms with Gasteiger partial charge in [0.1, 0.15) is 0 Å². The van der Waals surface area contributed by atoms with E-state index in [2.05, 4.69) is 10.3 Å². The molecule has 2 heterocycles. The zero-order chi connectivity index (χ0) is 19.8. The molecule has 0 spiro atoms. The molecule has 27 heavy (non-hydrogen) atoms. The number of esters is 1. The fourth-order valence-corrected chi connectivity index (χ4v) is 3.20. The van der Waals surface area contributed by atoms with E-state index in [4.69, 9.17) is 4.74 Å². The topological polar surface area (TPSA) is 91.5 Å². The van der Waals surface area contributed by atoms with Crippen LogP contribution < -0.4 is 5.32 Å². The van der Waals surface area contributed by atoms with Crippen molar-refractivity contribution in [1.29, 1.82) is 0 Å². The first-order chi connectivity index (χ1) is 12.7. The number of carbonyl (C=O) groups excluding carboxylic acids is 3. The molecule has 144 valence electrons. The zero-order valence-electron chi connectivity index (χ0n) is 16.1. The van der Waals surface area contributed by atoms with Crippen LogP contribution in [0.15, 0.2) is 18.2 Å². The number of rotatable bonds is 3. The quantitative estimate of drug-likeness (QED) is 0.808. The molecule has 3 rings (SSSR count). The largest absolute Gasteiger partial charge is 0.465 e. The number of carbonyl (C=O) groups is 3. The van der Waals surface area contributed by atoms with E-state index < -0.39 is 5.41 Å². The molecule has 1 aliphatic heterocycles. The average Bonchev–Trinajstić information content (AvgIpc) is 3.01. The van der Waals surface area contributed by atoms with Crippen LogP contribution in [-0.4, -0.2) is 47.9 Å². The summed E-state index contributed by atoms with van der Waals surface area (Å²) in [6.07, 6.45) is 0.705. The van der Waals surface area contributed by atoms with Crippen LogP contribution in [0.25, 0.3) is 10.9 Å². The van der Waals surface area contributed by atoms with Crippen LogP contribution >= 0.6 is 0 Å². The second kappa shape index (κ2) is 7.06. The first kappa shape index (κ1) is 18.9. The summed E-state index contributed by atoms with van der Waals surface area (Å²) in [5, 5.41) is 3.63. The van der Waals surface area contributed by atoms with Crippen molar-refractivity contribution in [1.82, 2.24) is 15.2 Å². The Balaban J connectivity index is 1.77. The van der Waals surface area contributed by atoms with Gasteiger partial charge in [-0.3, -0.25) is 9.59 Å². The van der Waals surface area contributed by atoms with Gasteiger partial charge in [-0.2, -0.15) is 0 Å². The van der Waals surface area contributed by atoms with E-state index in [-0.39, 0.29) is 24.3 Å². The average molecular weight is 371 g/mol. The third-order valence-electron chi connectivity index (χ3n) is 4.83. The molecule has 7 heteroatoms. The highest BCUT2D eigenvalue weighted by Gasteiger charge is 2.26. The van der Waals surface area contributed by atoms with Crippen molar-refractivity contribution < 1.29 is 19.1 Å². The molecule has 1 aliphatic rings. The Kier molecular flexibility index (Phi) is 4.95. The molecule has 7 nitrogen and oxygen atoms in total. The number of ether oxygens (including phenoxy) is 1. The molecule has 0 aliphatic carbocycles. The van der Waals surface area contributed by atoms with Crippen LogP contribution in [0.4, 0.5) is 0 Å². The van der Waals surface area contributed by atoms with E-state index >= 15 is 0 Å². The van der Waals surface area contributed by atoms with Gasteiger partial charge in [-0.1, -0.05) is 20.8 Å². The predicted octanol–water partition coefficient (Wildman–Crippen LogP) is 2.00. The Hall–Kier alpha value is -2.83. The van der Waals surface area contributed by atoms with Crippen molar-refractivity contribution in [2.75, 3.05) is 20.2 Å². The van der Waals surface area contributed by atoms with Crippen molar-refractivity contribution in [2.24, 2.45) is 5.41 Å². The third-order valence-corrected chi connectivity index (χ3v) is 4.83. The summed E-state index contributed by atoms with van der Waals surface area (Å²) in [6, 6.07) is 5.38. The summed E-state index contributed by atoms with van der Waals surface area (Å²) < 4.78 is 4.79. The second-order valence-corrected chi connectivity index (χ2v) is 7.83. The number of aromatic nitrogens is 1. The number of H-pyrrole nitrogens is 1. The normalized spacial score (nSPS) is 14.0. The number of aromatic amines is 1. The maximum Gasteiger partial charge on any atom is 0.337 e. The molecular weight excluding hydrogens is 346 g/mol.